The summed E-state index contributed by atoms with van der Waals surface area (Å²) in [6, 6.07) is 6.92. The minimum Gasteiger partial charge on any atom is -0.466 e. The van der Waals surface area contributed by atoms with Crippen molar-refractivity contribution in [2.45, 2.75) is 39.2 Å². The lowest BCUT2D eigenvalue weighted by Crippen LogP contribution is -2.40. The molecule has 2 aromatic rings. The molecule has 0 unspecified atom stereocenters. The number of likely N-dealkylation sites (tertiary alicyclic amines) is 1. The summed E-state index contributed by atoms with van der Waals surface area (Å²) in [6.45, 7) is 4.56. The number of anilines is 1. The van der Waals surface area contributed by atoms with Crippen molar-refractivity contribution in [2.24, 2.45) is 7.05 Å². The molecule has 4 rings (SSSR count). The van der Waals surface area contributed by atoms with Gasteiger partial charge < -0.3 is 19.9 Å². The van der Waals surface area contributed by atoms with Crippen molar-refractivity contribution in [1.29, 1.82) is 0 Å². The largest absolute Gasteiger partial charge is 0.466 e. The van der Waals surface area contributed by atoms with Crippen LogP contribution in [0.15, 0.2) is 24.3 Å². The lowest BCUT2D eigenvalue weighted by atomic mass is 10.0. The monoisotopic (exact) mass is 439 g/mol. The van der Waals surface area contributed by atoms with E-state index in [2.05, 4.69) is 10.4 Å². The van der Waals surface area contributed by atoms with Gasteiger partial charge >= 0.3 is 12.0 Å². The van der Waals surface area contributed by atoms with Crippen LogP contribution >= 0.6 is 0 Å². The van der Waals surface area contributed by atoms with Crippen molar-refractivity contribution in [1.82, 2.24) is 19.6 Å². The average Bonchev–Trinajstić information content (AvgIpc) is 3.43. The van der Waals surface area contributed by atoms with E-state index in [9.17, 15) is 14.4 Å². The fourth-order valence-electron chi connectivity index (χ4n) is 4.29. The van der Waals surface area contributed by atoms with E-state index in [4.69, 9.17) is 4.74 Å². The van der Waals surface area contributed by atoms with E-state index in [0.717, 1.165) is 42.8 Å². The molecule has 3 heterocycles. The molecular formula is C23H29N5O4. The van der Waals surface area contributed by atoms with Crippen LogP contribution in [-0.4, -0.2) is 63.7 Å². The van der Waals surface area contributed by atoms with Crippen LogP contribution in [-0.2, 0) is 36.0 Å². The smallest absolute Gasteiger partial charge is 0.322 e. The maximum Gasteiger partial charge on any atom is 0.322 e. The number of nitrogens with one attached hydrogen (secondary N) is 1. The normalized spacial score (nSPS) is 15.4. The Balaban J connectivity index is 1.41. The van der Waals surface area contributed by atoms with Gasteiger partial charge in [0.25, 0.3) is 5.91 Å². The van der Waals surface area contributed by atoms with Gasteiger partial charge in [-0.2, -0.15) is 5.10 Å². The minimum atomic E-state index is -0.274. The van der Waals surface area contributed by atoms with Crippen molar-refractivity contribution in [3.63, 3.8) is 0 Å². The van der Waals surface area contributed by atoms with Crippen molar-refractivity contribution in [3.05, 3.63) is 46.8 Å². The van der Waals surface area contributed by atoms with Gasteiger partial charge in [-0.05, 0) is 37.5 Å². The number of carbonyl (C=O) groups is 3. The Morgan fingerprint density at radius 3 is 2.47 bits per heavy atom. The Bertz CT molecular complexity index is 1010. The standard InChI is InChI=1S/C23H29N5O4/c1-3-32-20(29)14-16-6-8-17(9-7-16)24-23(31)28-13-10-19-18(15-28)21(25-26(19)2)22(30)27-11-4-5-12-27/h6-9H,3-5,10-15H2,1-2H3,(H,24,31). The van der Waals surface area contributed by atoms with Gasteiger partial charge in [-0.25, -0.2) is 4.79 Å². The number of ether oxygens (including phenoxy) is 1. The number of hydrogen-bond acceptors (Lipinski definition) is 5. The highest BCUT2D eigenvalue weighted by Gasteiger charge is 2.32. The van der Waals surface area contributed by atoms with E-state index < -0.39 is 0 Å². The van der Waals surface area contributed by atoms with Crippen molar-refractivity contribution in [2.75, 3.05) is 31.6 Å². The Morgan fingerprint density at radius 1 is 1.06 bits per heavy atom. The number of aromatic nitrogens is 2. The summed E-state index contributed by atoms with van der Waals surface area (Å²) in [5.74, 6) is -0.317. The first-order valence-corrected chi connectivity index (χ1v) is 11.1. The third kappa shape index (κ3) is 4.61. The molecule has 9 heteroatoms. The molecule has 32 heavy (non-hydrogen) atoms. The predicted octanol–water partition coefficient (Wildman–Crippen LogP) is 2.35. The second kappa shape index (κ2) is 9.42. The van der Waals surface area contributed by atoms with Crippen LogP contribution in [0, 0.1) is 0 Å². The van der Waals surface area contributed by atoms with Crippen molar-refractivity contribution < 1.29 is 19.1 Å². The predicted molar refractivity (Wildman–Crippen MR) is 118 cm³/mol. The van der Waals surface area contributed by atoms with Crippen LogP contribution < -0.4 is 5.32 Å². The number of urea groups is 1. The molecule has 1 fully saturated rings. The zero-order valence-electron chi connectivity index (χ0n) is 18.6. The molecule has 170 valence electrons. The number of hydrogen-bond donors (Lipinski definition) is 1. The van der Waals surface area contributed by atoms with E-state index in [1.165, 1.54) is 0 Å². The molecule has 0 spiro atoms. The summed E-state index contributed by atoms with van der Waals surface area (Å²) >= 11 is 0. The van der Waals surface area contributed by atoms with Gasteiger partial charge in [0.1, 0.15) is 0 Å². The summed E-state index contributed by atoms with van der Waals surface area (Å²) in [4.78, 5) is 41.0. The zero-order valence-corrected chi connectivity index (χ0v) is 18.6. The molecule has 9 nitrogen and oxygen atoms in total. The first-order valence-electron chi connectivity index (χ1n) is 11.1. The Kier molecular flexibility index (Phi) is 6.43. The summed E-state index contributed by atoms with van der Waals surface area (Å²) in [7, 11) is 1.85. The van der Waals surface area contributed by atoms with Gasteiger partial charge in [-0.3, -0.25) is 14.3 Å². The number of fused-ring (bicyclic) bond motifs is 1. The van der Waals surface area contributed by atoms with Gasteiger partial charge in [0.2, 0.25) is 0 Å². The van der Waals surface area contributed by atoms with E-state index >= 15 is 0 Å². The molecule has 2 aliphatic rings. The highest BCUT2D eigenvalue weighted by atomic mass is 16.5. The lowest BCUT2D eigenvalue weighted by molar-refractivity contribution is -0.142. The van der Waals surface area contributed by atoms with E-state index in [0.29, 0.717) is 37.5 Å². The maximum absolute atomic E-state index is 12.9. The van der Waals surface area contributed by atoms with E-state index in [-0.39, 0.29) is 24.3 Å². The molecule has 2 aliphatic heterocycles. The van der Waals surface area contributed by atoms with Crippen LogP contribution in [0.25, 0.3) is 0 Å². The molecule has 1 aromatic heterocycles. The van der Waals surface area contributed by atoms with Gasteiger partial charge in [-0.15, -0.1) is 0 Å². The van der Waals surface area contributed by atoms with Crippen LogP contribution in [0.3, 0.4) is 0 Å². The first kappa shape index (κ1) is 21.9. The number of rotatable bonds is 5. The molecule has 0 bridgehead atoms. The zero-order chi connectivity index (χ0) is 22.7. The van der Waals surface area contributed by atoms with Crippen LogP contribution in [0.5, 0.6) is 0 Å². The summed E-state index contributed by atoms with van der Waals surface area (Å²) in [5.41, 5.74) is 3.79. The van der Waals surface area contributed by atoms with Gasteiger partial charge in [0.05, 0.1) is 19.6 Å². The molecule has 1 aromatic carbocycles. The number of aryl methyl sites for hydroxylation is 1. The van der Waals surface area contributed by atoms with Gasteiger partial charge in [0, 0.05) is 50.0 Å². The summed E-state index contributed by atoms with van der Waals surface area (Å²) in [5, 5.41) is 7.40. The second-order valence-electron chi connectivity index (χ2n) is 8.18. The van der Waals surface area contributed by atoms with Crippen LogP contribution in [0.1, 0.15) is 47.1 Å². The first-order chi connectivity index (χ1) is 15.5. The van der Waals surface area contributed by atoms with E-state index in [1.54, 1.807) is 40.8 Å². The third-order valence-corrected chi connectivity index (χ3v) is 5.98. The third-order valence-electron chi connectivity index (χ3n) is 5.98. The van der Waals surface area contributed by atoms with E-state index in [1.807, 2.05) is 11.9 Å². The number of esters is 1. The molecular weight excluding hydrogens is 410 g/mol. The number of carbonyl (C=O) groups excluding carboxylic acids is 3. The molecule has 0 aliphatic carbocycles. The molecule has 3 amide bonds. The summed E-state index contributed by atoms with van der Waals surface area (Å²) < 4.78 is 6.73. The van der Waals surface area contributed by atoms with Crippen molar-refractivity contribution >= 4 is 23.6 Å². The molecule has 0 atom stereocenters. The molecule has 1 saturated heterocycles. The fraction of sp³-hybridized carbons (Fsp3) is 0.478. The molecule has 0 saturated carbocycles. The topological polar surface area (TPSA) is 96.8 Å². The second-order valence-corrected chi connectivity index (χ2v) is 8.18. The molecule has 1 N–H and O–H groups in total. The highest BCUT2D eigenvalue weighted by molar-refractivity contribution is 5.95. The Morgan fingerprint density at radius 2 is 1.78 bits per heavy atom. The van der Waals surface area contributed by atoms with Gasteiger partial charge in [0.15, 0.2) is 5.69 Å². The minimum absolute atomic E-state index is 0.0428. The average molecular weight is 440 g/mol. The number of nitrogens with zero attached hydrogens (tertiary/aromatic N) is 4. The maximum atomic E-state index is 12.9. The Labute approximate surface area is 187 Å². The van der Waals surface area contributed by atoms with Gasteiger partial charge in [-0.1, -0.05) is 12.1 Å². The van der Waals surface area contributed by atoms with Crippen LogP contribution in [0.4, 0.5) is 10.5 Å². The SMILES string of the molecule is CCOC(=O)Cc1ccc(NC(=O)N2CCc3c(c(C(=O)N4CCCC4)nn3C)C2)cc1. The Hall–Kier alpha value is -3.36. The number of amides is 3. The molecule has 0 radical (unpaired) electrons. The fourth-order valence-corrected chi connectivity index (χ4v) is 4.29. The quantitative estimate of drug-likeness (QED) is 0.722. The van der Waals surface area contributed by atoms with Crippen molar-refractivity contribution in [3.8, 4) is 0 Å². The highest BCUT2D eigenvalue weighted by Crippen LogP contribution is 2.25. The summed E-state index contributed by atoms with van der Waals surface area (Å²) in [6.07, 6.45) is 2.89. The van der Waals surface area contributed by atoms with Crippen LogP contribution in [0.2, 0.25) is 0 Å². The number of benzene rings is 1. The lowest BCUT2D eigenvalue weighted by Gasteiger charge is -2.28.